The van der Waals surface area contributed by atoms with E-state index in [1.165, 1.54) is 24.0 Å². The molecular formula is C25H35N3O2. The highest BCUT2D eigenvalue weighted by molar-refractivity contribution is 5.32. The third kappa shape index (κ3) is 5.15. The molecule has 162 valence electrons. The van der Waals surface area contributed by atoms with Crippen LogP contribution < -0.4 is 14.8 Å². The molecule has 5 heteroatoms. The van der Waals surface area contributed by atoms with E-state index in [4.69, 9.17) is 9.47 Å². The molecule has 2 aliphatic rings. The molecule has 1 atom stereocenters. The predicted molar refractivity (Wildman–Crippen MR) is 122 cm³/mol. The highest BCUT2D eigenvalue weighted by atomic mass is 16.5. The van der Waals surface area contributed by atoms with Gasteiger partial charge in [-0.3, -0.25) is 4.90 Å². The normalized spacial score (nSPS) is 23.6. The second kappa shape index (κ2) is 9.82. The van der Waals surface area contributed by atoms with Crippen molar-refractivity contribution in [2.45, 2.75) is 30.8 Å². The monoisotopic (exact) mass is 409 g/mol. The van der Waals surface area contributed by atoms with Gasteiger partial charge in [-0.15, -0.1) is 0 Å². The van der Waals surface area contributed by atoms with Gasteiger partial charge in [-0.2, -0.15) is 0 Å². The van der Waals surface area contributed by atoms with Crippen molar-refractivity contribution < 1.29 is 9.47 Å². The molecule has 2 fully saturated rings. The summed E-state index contributed by atoms with van der Waals surface area (Å²) in [5.41, 5.74) is 2.77. The van der Waals surface area contributed by atoms with Crippen LogP contribution in [0.15, 0.2) is 48.5 Å². The predicted octanol–water partition coefficient (Wildman–Crippen LogP) is 3.53. The van der Waals surface area contributed by atoms with Gasteiger partial charge in [0, 0.05) is 44.8 Å². The first-order valence-corrected chi connectivity index (χ1v) is 11.1. The van der Waals surface area contributed by atoms with Gasteiger partial charge in [0.25, 0.3) is 0 Å². The number of methoxy groups -OCH3 is 2. The smallest absolute Gasteiger partial charge is 0.118 e. The average Bonchev–Trinajstić information content (AvgIpc) is 2.77. The third-order valence-corrected chi connectivity index (χ3v) is 6.72. The number of rotatable bonds is 8. The van der Waals surface area contributed by atoms with Crippen LogP contribution in [0.2, 0.25) is 0 Å². The lowest BCUT2D eigenvalue weighted by molar-refractivity contribution is 0.134. The van der Waals surface area contributed by atoms with Gasteiger partial charge < -0.3 is 19.7 Å². The van der Waals surface area contributed by atoms with Crippen molar-refractivity contribution in [2.75, 3.05) is 54.0 Å². The van der Waals surface area contributed by atoms with Gasteiger partial charge in [0.05, 0.1) is 14.2 Å². The van der Waals surface area contributed by atoms with Gasteiger partial charge in [0.15, 0.2) is 0 Å². The summed E-state index contributed by atoms with van der Waals surface area (Å²) in [5, 5.41) is 3.97. The summed E-state index contributed by atoms with van der Waals surface area (Å²) >= 11 is 0. The molecule has 1 unspecified atom stereocenters. The van der Waals surface area contributed by atoms with E-state index in [0.29, 0.717) is 18.0 Å². The molecule has 2 aromatic rings. The summed E-state index contributed by atoms with van der Waals surface area (Å²) in [6, 6.07) is 18.1. The minimum Gasteiger partial charge on any atom is -0.497 e. The molecule has 0 amide bonds. The fraction of sp³-hybridized carbons (Fsp3) is 0.520. The Morgan fingerprint density at radius 1 is 0.867 bits per heavy atom. The van der Waals surface area contributed by atoms with Crippen LogP contribution >= 0.6 is 0 Å². The molecule has 0 aromatic heterocycles. The van der Waals surface area contributed by atoms with Crippen LogP contribution in [0.3, 0.4) is 0 Å². The van der Waals surface area contributed by atoms with Gasteiger partial charge in [-0.05, 0) is 61.2 Å². The largest absolute Gasteiger partial charge is 0.497 e. The van der Waals surface area contributed by atoms with Crippen molar-refractivity contribution in [3.05, 3.63) is 59.7 Å². The van der Waals surface area contributed by atoms with Gasteiger partial charge >= 0.3 is 0 Å². The van der Waals surface area contributed by atoms with Crippen LogP contribution in [0.5, 0.6) is 11.5 Å². The quantitative estimate of drug-likeness (QED) is 0.722. The molecule has 1 aliphatic carbocycles. The van der Waals surface area contributed by atoms with Crippen molar-refractivity contribution in [2.24, 2.45) is 0 Å². The second-order valence-electron chi connectivity index (χ2n) is 8.73. The molecule has 1 aliphatic heterocycles. The van der Waals surface area contributed by atoms with Gasteiger partial charge in [0.1, 0.15) is 11.5 Å². The summed E-state index contributed by atoms with van der Waals surface area (Å²) in [5.74, 6) is 2.49. The number of hydrogen-bond donors (Lipinski definition) is 1. The molecule has 1 saturated carbocycles. The highest BCUT2D eigenvalue weighted by Crippen LogP contribution is 2.38. The number of piperazine rings is 1. The lowest BCUT2D eigenvalue weighted by Crippen LogP contribution is -2.50. The van der Waals surface area contributed by atoms with Crippen molar-refractivity contribution >= 4 is 0 Å². The highest BCUT2D eigenvalue weighted by Gasteiger charge is 2.32. The Balaban J connectivity index is 1.38. The molecule has 0 spiro atoms. The molecule has 1 N–H and O–H groups in total. The first-order valence-electron chi connectivity index (χ1n) is 11.1. The lowest BCUT2D eigenvalue weighted by Gasteiger charge is -2.41. The summed E-state index contributed by atoms with van der Waals surface area (Å²) in [6.07, 6.45) is 2.39. The maximum absolute atomic E-state index is 5.36. The van der Waals surface area contributed by atoms with Crippen LogP contribution in [0.1, 0.15) is 35.9 Å². The lowest BCUT2D eigenvalue weighted by atomic mass is 9.75. The molecule has 1 saturated heterocycles. The minimum atomic E-state index is 0.348. The molecule has 30 heavy (non-hydrogen) atoms. The van der Waals surface area contributed by atoms with Gasteiger partial charge in [-0.25, -0.2) is 0 Å². The number of ether oxygens (including phenoxy) is 2. The zero-order valence-electron chi connectivity index (χ0n) is 18.5. The fourth-order valence-corrected chi connectivity index (χ4v) is 4.57. The summed E-state index contributed by atoms with van der Waals surface area (Å²) in [7, 11) is 5.66. The number of nitrogens with zero attached hydrogens (tertiary/aromatic N) is 2. The summed E-state index contributed by atoms with van der Waals surface area (Å²) in [6.45, 7) is 5.65. The first kappa shape index (κ1) is 21.2. The Hall–Kier alpha value is -2.08. The molecule has 2 aromatic carbocycles. The topological polar surface area (TPSA) is 37.0 Å². The zero-order valence-corrected chi connectivity index (χ0v) is 18.5. The minimum absolute atomic E-state index is 0.348. The molecule has 1 heterocycles. The maximum Gasteiger partial charge on any atom is 0.118 e. The third-order valence-electron chi connectivity index (χ3n) is 6.72. The number of nitrogens with one attached hydrogen (secondary N) is 1. The van der Waals surface area contributed by atoms with Crippen molar-refractivity contribution in [1.29, 1.82) is 0 Å². The average molecular weight is 410 g/mol. The van der Waals surface area contributed by atoms with Crippen LogP contribution in [0, 0.1) is 0 Å². The van der Waals surface area contributed by atoms with Crippen molar-refractivity contribution in [3.63, 3.8) is 0 Å². The van der Waals surface area contributed by atoms with Gasteiger partial charge in [0.2, 0.25) is 0 Å². The fourth-order valence-electron chi connectivity index (χ4n) is 4.57. The zero-order chi connectivity index (χ0) is 20.9. The van der Waals surface area contributed by atoms with E-state index in [1.54, 1.807) is 14.2 Å². The van der Waals surface area contributed by atoms with Crippen LogP contribution in [-0.2, 0) is 0 Å². The van der Waals surface area contributed by atoms with Crippen LogP contribution in [-0.4, -0.2) is 69.8 Å². The SMILES string of the molecule is COc1ccc(C2CC(NC(CN3CCN(C)CC3)c3ccc(OC)cc3)C2)cc1. The Bertz CT molecular complexity index is 779. The molecular weight excluding hydrogens is 374 g/mol. The van der Waals surface area contributed by atoms with Crippen molar-refractivity contribution in [3.8, 4) is 11.5 Å². The van der Waals surface area contributed by atoms with Crippen LogP contribution in [0.25, 0.3) is 0 Å². The number of benzene rings is 2. The Labute approximate surface area is 181 Å². The van der Waals surface area contributed by atoms with E-state index in [2.05, 4.69) is 70.7 Å². The molecule has 0 radical (unpaired) electrons. The maximum atomic E-state index is 5.36. The second-order valence-corrected chi connectivity index (χ2v) is 8.73. The Kier molecular flexibility index (Phi) is 6.93. The van der Waals surface area contributed by atoms with E-state index < -0.39 is 0 Å². The van der Waals surface area contributed by atoms with Crippen molar-refractivity contribution in [1.82, 2.24) is 15.1 Å². The number of likely N-dealkylation sites (N-methyl/N-ethyl adjacent to an activating group) is 1. The Morgan fingerprint density at radius 2 is 1.43 bits per heavy atom. The van der Waals surface area contributed by atoms with E-state index in [1.807, 2.05) is 0 Å². The number of hydrogen-bond acceptors (Lipinski definition) is 5. The van der Waals surface area contributed by atoms with Gasteiger partial charge in [-0.1, -0.05) is 24.3 Å². The molecule has 0 bridgehead atoms. The van der Waals surface area contributed by atoms with E-state index in [-0.39, 0.29) is 0 Å². The summed E-state index contributed by atoms with van der Waals surface area (Å²) < 4.78 is 10.6. The van der Waals surface area contributed by atoms with Crippen LogP contribution in [0.4, 0.5) is 0 Å². The van der Waals surface area contributed by atoms with E-state index >= 15 is 0 Å². The summed E-state index contributed by atoms with van der Waals surface area (Å²) in [4.78, 5) is 5.01. The molecule has 4 rings (SSSR count). The molecule has 5 nitrogen and oxygen atoms in total. The Morgan fingerprint density at radius 3 is 2.00 bits per heavy atom. The standard InChI is InChI=1S/C25H35N3O2/c1-27-12-14-28(15-13-27)18-25(20-6-10-24(30-3)11-7-20)26-22-16-21(17-22)19-4-8-23(29-2)9-5-19/h4-11,21-22,25-26H,12-18H2,1-3H3. The first-order chi connectivity index (χ1) is 14.6. The van der Waals surface area contributed by atoms with E-state index in [0.717, 1.165) is 44.2 Å². The van der Waals surface area contributed by atoms with E-state index in [9.17, 15) is 0 Å².